The van der Waals surface area contributed by atoms with Gasteiger partial charge in [-0.15, -0.1) is 0 Å². The van der Waals surface area contributed by atoms with Gasteiger partial charge in [0.25, 0.3) is 0 Å². The third kappa shape index (κ3) is 4.72. The Labute approximate surface area is 219 Å². The number of ether oxygens (including phenoxy) is 2. The van der Waals surface area contributed by atoms with Crippen LogP contribution >= 0.6 is 0 Å². The fraction of sp³-hybridized carbons (Fsp3) is 0.233. The van der Waals surface area contributed by atoms with Crippen LogP contribution in [0, 0.1) is 0 Å². The van der Waals surface area contributed by atoms with Crippen molar-refractivity contribution in [3.05, 3.63) is 95.2 Å². The number of rotatable bonds is 9. The number of amides is 1. The lowest BCUT2D eigenvalue weighted by Crippen LogP contribution is -2.28. The minimum absolute atomic E-state index is 0.0439. The zero-order chi connectivity index (χ0) is 26.6. The van der Waals surface area contributed by atoms with Crippen LogP contribution in [-0.4, -0.2) is 47.5 Å². The van der Waals surface area contributed by atoms with Crippen LogP contribution in [0.3, 0.4) is 0 Å². The average molecular weight is 513 g/mol. The molecule has 0 bridgehead atoms. The predicted molar refractivity (Wildman–Crippen MR) is 142 cm³/mol. The van der Waals surface area contributed by atoms with E-state index in [4.69, 9.17) is 9.47 Å². The maximum Gasteiger partial charge on any atom is 0.407 e. The molecule has 0 unspecified atom stereocenters. The molecule has 1 heterocycles. The fourth-order valence-electron chi connectivity index (χ4n) is 5.30. The van der Waals surface area contributed by atoms with Crippen molar-refractivity contribution in [3.63, 3.8) is 0 Å². The summed E-state index contributed by atoms with van der Waals surface area (Å²) in [6, 6.07) is 23.5. The van der Waals surface area contributed by atoms with E-state index in [2.05, 4.69) is 29.6 Å². The summed E-state index contributed by atoms with van der Waals surface area (Å²) in [6.07, 6.45) is -0.260. The zero-order valence-corrected chi connectivity index (χ0v) is 21.0. The number of hydrogen-bond acceptors (Lipinski definition) is 5. The van der Waals surface area contributed by atoms with Gasteiger partial charge >= 0.3 is 18.0 Å². The minimum atomic E-state index is -1.07. The first-order valence-corrected chi connectivity index (χ1v) is 12.6. The smallest absolute Gasteiger partial charge is 0.407 e. The molecule has 4 aromatic rings. The molecule has 5 rings (SSSR count). The molecule has 3 aromatic carbocycles. The number of hydrogen-bond donors (Lipinski definition) is 2. The molecule has 194 valence electrons. The van der Waals surface area contributed by atoms with Gasteiger partial charge in [0, 0.05) is 23.4 Å². The second kappa shape index (κ2) is 10.8. The number of nitrogens with one attached hydrogen (secondary N) is 1. The van der Waals surface area contributed by atoms with Crippen molar-refractivity contribution in [1.29, 1.82) is 0 Å². The van der Waals surface area contributed by atoms with E-state index < -0.39 is 18.0 Å². The highest BCUT2D eigenvalue weighted by Crippen LogP contribution is 2.44. The first-order valence-electron chi connectivity index (χ1n) is 12.6. The van der Waals surface area contributed by atoms with Crippen molar-refractivity contribution >= 4 is 28.9 Å². The molecule has 0 radical (unpaired) electrons. The van der Waals surface area contributed by atoms with Crippen molar-refractivity contribution in [2.45, 2.75) is 25.8 Å². The number of carboxylic acid groups (broad SMARTS) is 1. The molecule has 0 aliphatic heterocycles. The Morgan fingerprint density at radius 3 is 2.18 bits per heavy atom. The van der Waals surface area contributed by atoms with Gasteiger partial charge in [-0.2, -0.15) is 0 Å². The number of benzene rings is 3. The van der Waals surface area contributed by atoms with Crippen LogP contribution in [0.25, 0.3) is 22.0 Å². The van der Waals surface area contributed by atoms with Crippen LogP contribution in [0.2, 0.25) is 0 Å². The van der Waals surface area contributed by atoms with Gasteiger partial charge in [0.2, 0.25) is 0 Å². The normalized spacial score (nSPS) is 12.1. The molecule has 0 fully saturated rings. The Balaban J connectivity index is 1.29. The van der Waals surface area contributed by atoms with Crippen LogP contribution < -0.4 is 5.32 Å². The molecule has 1 aliphatic rings. The van der Waals surface area contributed by atoms with Gasteiger partial charge in [-0.05, 0) is 47.2 Å². The highest BCUT2D eigenvalue weighted by Gasteiger charge is 2.29. The number of carbonyl (C=O) groups is 3. The van der Waals surface area contributed by atoms with Crippen molar-refractivity contribution in [1.82, 2.24) is 9.88 Å². The number of carboxylic acids is 1. The van der Waals surface area contributed by atoms with E-state index in [1.165, 1.54) is 4.57 Å². The maximum atomic E-state index is 12.8. The number of aliphatic carboxylic acids is 1. The SMILES string of the molecule is CCOC(=O)c1c(CCNC(=O)OCC2c3ccccc3-c3ccccc32)c2ccccc2n1CC(=O)O. The van der Waals surface area contributed by atoms with E-state index in [1.54, 1.807) is 19.1 Å². The lowest BCUT2D eigenvalue weighted by Gasteiger charge is -2.15. The summed E-state index contributed by atoms with van der Waals surface area (Å²) in [6.45, 7) is 1.87. The summed E-state index contributed by atoms with van der Waals surface area (Å²) in [7, 11) is 0. The number of alkyl carbamates (subject to hydrolysis) is 1. The molecular formula is C30H28N2O6. The van der Waals surface area contributed by atoms with Gasteiger partial charge in [0.1, 0.15) is 18.8 Å². The van der Waals surface area contributed by atoms with Gasteiger partial charge in [-0.25, -0.2) is 9.59 Å². The standard InChI is InChI=1S/C30H28N2O6/c1-2-37-29(35)28-24(23-13-7-8-14-26(23)32(28)17-27(33)34)15-16-31-30(36)38-18-25-21-11-5-3-9-19(21)20-10-4-6-12-22(20)25/h3-14,25H,2,15-18H2,1H3,(H,31,36)(H,33,34). The first kappa shape index (κ1) is 25.1. The Bertz CT molecular complexity index is 1480. The molecule has 0 spiro atoms. The maximum absolute atomic E-state index is 12.8. The molecule has 1 amide bonds. The second-order valence-electron chi connectivity index (χ2n) is 9.05. The van der Waals surface area contributed by atoms with E-state index in [9.17, 15) is 19.5 Å². The van der Waals surface area contributed by atoms with Crippen molar-refractivity contribution in [2.24, 2.45) is 0 Å². The van der Waals surface area contributed by atoms with E-state index in [0.717, 1.165) is 27.6 Å². The van der Waals surface area contributed by atoms with Gasteiger partial charge in [-0.3, -0.25) is 4.79 Å². The number of aromatic nitrogens is 1. The third-order valence-corrected chi connectivity index (χ3v) is 6.83. The zero-order valence-electron chi connectivity index (χ0n) is 21.0. The topological polar surface area (TPSA) is 107 Å². The van der Waals surface area contributed by atoms with Crippen LogP contribution in [0.1, 0.15) is 40.0 Å². The minimum Gasteiger partial charge on any atom is -0.480 e. The molecule has 38 heavy (non-hydrogen) atoms. The number of carbonyl (C=O) groups excluding carboxylic acids is 2. The lowest BCUT2D eigenvalue weighted by molar-refractivity contribution is -0.137. The summed E-state index contributed by atoms with van der Waals surface area (Å²) >= 11 is 0. The molecular weight excluding hydrogens is 484 g/mol. The Morgan fingerprint density at radius 2 is 1.53 bits per heavy atom. The number of fused-ring (bicyclic) bond motifs is 4. The molecule has 8 heteroatoms. The quantitative estimate of drug-likeness (QED) is 0.306. The number of esters is 1. The van der Waals surface area contributed by atoms with Gasteiger partial charge < -0.3 is 24.5 Å². The fourth-order valence-corrected chi connectivity index (χ4v) is 5.30. The molecule has 2 N–H and O–H groups in total. The summed E-state index contributed by atoms with van der Waals surface area (Å²) in [5.41, 5.74) is 6.00. The summed E-state index contributed by atoms with van der Waals surface area (Å²) in [5.74, 6) is -1.71. The van der Waals surface area contributed by atoms with Gasteiger partial charge in [0.05, 0.1) is 6.61 Å². The van der Waals surface area contributed by atoms with E-state index >= 15 is 0 Å². The summed E-state index contributed by atoms with van der Waals surface area (Å²) in [5, 5.41) is 13.0. The van der Waals surface area contributed by atoms with E-state index in [-0.39, 0.29) is 37.9 Å². The largest absolute Gasteiger partial charge is 0.480 e. The monoisotopic (exact) mass is 512 g/mol. The van der Waals surface area contributed by atoms with E-state index in [1.807, 2.05) is 36.4 Å². The molecule has 0 saturated carbocycles. The van der Waals surface area contributed by atoms with Crippen molar-refractivity contribution < 1.29 is 29.0 Å². The highest BCUT2D eigenvalue weighted by atomic mass is 16.5. The molecule has 1 aliphatic carbocycles. The van der Waals surface area contributed by atoms with Crippen LogP contribution in [-0.2, 0) is 27.2 Å². The molecule has 1 aromatic heterocycles. The molecule has 0 atom stereocenters. The predicted octanol–water partition coefficient (Wildman–Crippen LogP) is 4.98. The van der Waals surface area contributed by atoms with Crippen LogP contribution in [0.4, 0.5) is 4.79 Å². The summed E-state index contributed by atoms with van der Waals surface area (Å²) in [4.78, 5) is 37.0. The number of para-hydroxylation sites is 1. The second-order valence-corrected chi connectivity index (χ2v) is 9.05. The van der Waals surface area contributed by atoms with Gasteiger partial charge in [-0.1, -0.05) is 66.7 Å². The van der Waals surface area contributed by atoms with Crippen LogP contribution in [0.5, 0.6) is 0 Å². The molecule has 0 saturated heterocycles. The Kier molecular flexibility index (Phi) is 7.13. The highest BCUT2D eigenvalue weighted by molar-refractivity contribution is 6.00. The van der Waals surface area contributed by atoms with Crippen molar-refractivity contribution in [3.8, 4) is 11.1 Å². The number of nitrogens with zero attached hydrogens (tertiary/aromatic N) is 1. The van der Waals surface area contributed by atoms with Crippen molar-refractivity contribution in [2.75, 3.05) is 19.8 Å². The lowest BCUT2D eigenvalue weighted by atomic mass is 9.98. The summed E-state index contributed by atoms with van der Waals surface area (Å²) < 4.78 is 12.3. The first-order chi connectivity index (χ1) is 18.5. The van der Waals surface area contributed by atoms with Gasteiger partial charge in [0.15, 0.2) is 0 Å². The Hall–Kier alpha value is -4.59. The molecule has 8 nitrogen and oxygen atoms in total. The average Bonchev–Trinajstić information content (AvgIpc) is 3.40. The Morgan fingerprint density at radius 1 is 0.895 bits per heavy atom. The van der Waals surface area contributed by atoms with E-state index in [0.29, 0.717) is 17.5 Å². The third-order valence-electron chi connectivity index (χ3n) is 6.83. The van der Waals surface area contributed by atoms with Crippen LogP contribution in [0.15, 0.2) is 72.8 Å².